The van der Waals surface area contributed by atoms with E-state index in [4.69, 9.17) is 0 Å². The molecule has 2 aromatic rings. The number of aliphatic hydroxyl groups excluding tert-OH is 1. The van der Waals surface area contributed by atoms with Crippen molar-refractivity contribution in [3.8, 4) is 0 Å². The molecule has 0 aliphatic heterocycles. The molecule has 1 aromatic carbocycles. The molecule has 2 aliphatic carbocycles. The van der Waals surface area contributed by atoms with E-state index in [0.29, 0.717) is 5.92 Å². The Balaban J connectivity index is 1.67. The monoisotopic (exact) mass is 258 g/mol. The highest BCUT2D eigenvalue weighted by atomic mass is 32.1. The molecule has 1 N–H and O–H groups in total. The summed E-state index contributed by atoms with van der Waals surface area (Å²) in [6.45, 7) is 0. The fraction of sp³-hybridized carbons (Fsp3) is 0.500. The molecule has 18 heavy (non-hydrogen) atoms. The first-order chi connectivity index (χ1) is 8.86. The Morgan fingerprint density at radius 1 is 1.11 bits per heavy atom. The fourth-order valence-corrected chi connectivity index (χ4v) is 4.94. The van der Waals surface area contributed by atoms with Crippen LogP contribution in [-0.2, 0) is 0 Å². The molecule has 0 radical (unpaired) electrons. The third kappa shape index (κ3) is 1.55. The Morgan fingerprint density at radius 2 is 1.83 bits per heavy atom. The molecule has 2 heteroatoms. The zero-order chi connectivity index (χ0) is 12.1. The van der Waals surface area contributed by atoms with Gasteiger partial charge in [-0.25, -0.2) is 0 Å². The van der Waals surface area contributed by atoms with Crippen LogP contribution in [0, 0.1) is 17.8 Å². The molecule has 2 aliphatic rings. The van der Waals surface area contributed by atoms with E-state index >= 15 is 0 Å². The molecule has 1 heterocycles. The largest absolute Gasteiger partial charge is 0.388 e. The second-order valence-corrected chi connectivity index (χ2v) is 6.73. The molecule has 0 amide bonds. The summed E-state index contributed by atoms with van der Waals surface area (Å²) in [6.07, 6.45) is 5.20. The maximum Gasteiger partial charge on any atom is 0.0837 e. The van der Waals surface area contributed by atoms with Crippen LogP contribution < -0.4 is 0 Å². The van der Waals surface area contributed by atoms with Gasteiger partial charge in [-0.2, -0.15) is 0 Å². The summed E-state index contributed by atoms with van der Waals surface area (Å²) in [7, 11) is 0. The van der Waals surface area contributed by atoms with Crippen molar-refractivity contribution < 1.29 is 5.11 Å². The van der Waals surface area contributed by atoms with E-state index in [1.807, 2.05) is 0 Å². The minimum absolute atomic E-state index is 0.228. The van der Waals surface area contributed by atoms with Crippen LogP contribution in [-0.4, -0.2) is 5.11 Å². The molecule has 1 aromatic heterocycles. The first kappa shape index (κ1) is 11.0. The van der Waals surface area contributed by atoms with E-state index in [1.165, 1.54) is 41.3 Å². The van der Waals surface area contributed by atoms with Crippen LogP contribution in [0.5, 0.6) is 0 Å². The molecule has 3 atom stereocenters. The number of fused-ring (bicyclic) bond motifs is 2. The van der Waals surface area contributed by atoms with Gasteiger partial charge >= 0.3 is 0 Å². The van der Waals surface area contributed by atoms with Crippen LogP contribution >= 0.6 is 11.3 Å². The van der Waals surface area contributed by atoms with E-state index < -0.39 is 0 Å². The van der Waals surface area contributed by atoms with Gasteiger partial charge in [0.15, 0.2) is 0 Å². The summed E-state index contributed by atoms with van der Waals surface area (Å²) in [4.78, 5) is 0. The summed E-state index contributed by atoms with van der Waals surface area (Å²) in [6, 6.07) is 8.45. The number of rotatable bonds is 2. The number of aliphatic hydroxyl groups is 1. The van der Waals surface area contributed by atoms with Crippen molar-refractivity contribution in [2.24, 2.45) is 17.8 Å². The zero-order valence-electron chi connectivity index (χ0n) is 10.4. The van der Waals surface area contributed by atoms with Crippen LogP contribution in [0.1, 0.15) is 37.4 Å². The molecule has 1 nitrogen and oxygen atoms in total. The van der Waals surface area contributed by atoms with Crippen molar-refractivity contribution in [3.63, 3.8) is 0 Å². The van der Waals surface area contributed by atoms with E-state index in [2.05, 4.69) is 29.6 Å². The second-order valence-electron chi connectivity index (χ2n) is 5.82. The highest BCUT2D eigenvalue weighted by Gasteiger charge is 2.54. The summed E-state index contributed by atoms with van der Waals surface area (Å²) < 4.78 is 1.30. The first-order valence-corrected chi connectivity index (χ1v) is 7.88. The molecule has 0 spiro atoms. The highest BCUT2D eigenvalue weighted by molar-refractivity contribution is 7.17. The number of benzene rings is 1. The lowest BCUT2D eigenvalue weighted by atomic mass is 10.0. The van der Waals surface area contributed by atoms with E-state index in [1.54, 1.807) is 11.3 Å². The lowest BCUT2D eigenvalue weighted by Gasteiger charge is -2.09. The van der Waals surface area contributed by atoms with Crippen molar-refractivity contribution in [1.82, 2.24) is 0 Å². The van der Waals surface area contributed by atoms with Crippen molar-refractivity contribution in [3.05, 3.63) is 35.2 Å². The van der Waals surface area contributed by atoms with Gasteiger partial charge in [-0.05, 0) is 53.0 Å². The van der Waals surface area contributed by atoms with Gasteiger partial charge in [0.25, 0.3) is 0 Å². The van der Waals surface area contributed by atoms with Crippen molar-refractivity contribution in [2.45, 2.75) is 31.8 Å². The summed E-state index contributed by atoms with van der Waals surface area (Å²) >= 11 is 1.76. The minimum Gasteiger partial charge on any atom is -0.388 e. The number of hydrogen-bond donors (Lipinski definition) is 1. The van der Waals surface area contributed by atoms with Gasteiger partial charge in [-0.3, -0.25) is 0 Å². The Hall–Kier alpha value is -0.860. The fourth-order valence-electron chi connectivity index (χ4n) is 3.95. The number of thiophene rings is 1. The number of hydrogen-bond acceptors (Lipinski definition) is 2. The van der Waals surface area contributed by atoms with Crippen LogP contribution in [0.3, 0.4) is 0 Å². The maximum atomic E-state index is 10.7. The average Bonchev–Trinajstić information content (AvgIpc) is 2.99. The zero-order valence-corrected chi connectivity index (χ0v) is 11.2. The predicted octanol–water partition coefficient (Wildman–Crippen LogP) is 4.37. The van der Waals surface area contributed by atoms with Crippen LogP contribution in [0.15, 0.2) is 29.6 Å². The maximum absolute atomic E-state index is 10.7. The summed E-state index contributed by atoms with van der Waals surface area (Å²) in [5.41, 5.74) is 1.18. The first-order valence-electron chi connectivity index (χ1n) is 7.00. The second kappa shape index (κ2) is 4.07. The Kier molecular flexibility index (Phi) is 2.49. The van der Waals surface area contributed by atoms with Crippen LogP contribution in [0.4, 0.5) is 0 Å². The van der Waals surface area contributed by atoms with Gasteiger partial charge in [-0.15, -0.1) is 11.3 Å². The normalized spacial score (nSPS) is 32.2. The lowest BCUT2D eigenvalue weighted by Crippen LogP contribution is -2.01. The highest BCUT2D eigenvalue weighted by Crippen LogP contribution is 2.61. The van der Waals surface area contributed by atoms with Gasteiger partial charge < -0.3 is 5.11 Å². The molecule has 3 unspecified atom stereocenters. The smallest absolute Gasteiger partial charge is 0.0837 e. The van der Waals surface area contributed by atoms with Crippen LogP contribution in [0.2, 0.25) is 0 Å². The average molecular weight is 258 g/mol. The van der Waals surface area contributed by atoms with E-state index in [9.17, 15) is 5.11 Å². The SMILES string of the molecule is OC(c1csc2ccccc12)C1C2CCCCC21. The third-order valence-corrected chi connectivity index (χ3v) is 5.90. The summed E-state index contributed by atoms with van der Waals surface area (Å²) in [5.74, 6) is 2.17. The Morgan fingerprint density at radius 3 is 2.61 bits per heavy atom. The van der Waals surface area contributed by atoms with Gasteiger partial charge in [0, 0.05) is 4.70 Å². The molecule has 94 valence electrons. The van der Waals surface area contributed by atoms with Crippen molar-refractivity contribution in [2.75, 3.05) is 0 Å². The quantitative estimate of drug-likeness (QED) is 0.848. The molecule has 0 bridgehead atoms. The topological polar surface area (TPSA) is 20.2 Å². The molecule has 2 fully saturated rings. The molecule has 4 rings (SSSR count). The Bertz CT molecular complexity index is 561. The molecular weight excluding hydrogens is 240 g/mol. The molecule has 2 saturated carbocycles. The van der Waals surface area contributed by atoms with Crippen molar-refractivity contribution in [1.29, 1.82) is 0 Å². The molecular formula is C16H18OS. The van der Waals surface area contributed by atoms with Crippen molar-refractivity contribution >= 4 is 21.4 Å². The minimum atomic E-state index is -0.228. The van der Waals surface area contributed by atoms with Gasteiger partial charge in [0.2, 0.25) is 0 Å². The predicted molar refractivity (Wildman–Crippen MR) is 75.7 cm³/mol. The third-order valence-electron chi connectivity index (χ3n) is 4.92. The van der Waals surface area contributed by atoms with E-state index in [0.717, 1.165) is 11.8 Å². The lowest BCUT2D eigenvalue weighted by molar-refractivity contribution is 0.144. The van der Waals surface area contributed by atoms with Crippen LogP contribution in [0.25, 0.3) is 10.1 Å². The molecule has 0 saturated heterocycles. The summed E-state index contributed by atoms with van der Waals surface area (Å²) in [5, 5.41) is 14.1. The van der Waals surface area contributed by atoms with Gasteiger partial charge in [-0.1, -0.05) is 31.0 Å². The van der Waals surface area contributed by atoms with Gasteiger partial charge in [0.1, 0.15) is 0 Å². The van der Waals surface area contributed by atoms with E-state index in [-0.39, 0.29) is 6.10 Å². The standard InChI is InChI=1S/C16H18OS/c17-16(15-11-6-1-2-7-12(11)15)13-9-18-14-8-4-3-5-10(13)14/h3-5,8-9,11-12,15-17H,1-2,6-7H2. The van der Waals surface area contributed by atoms with Gasteiger partial charge in [0.05, 0.1) is 6.10 Å². The Labute approximate surface area is 111 Å².